The number of benzene rings is 1. The van der Waals surface area contributed by atoms with Gasteiger partial charge in [0.1, 0.15) is 4.83 Å². The molecule has 1 aromatic carbocycles. The summed E-state index contributed by atoms with van der Waals surface area (Å²) in [6.45, 7) is 6.69. The van der Waals surface area contributed by atoms with Crippen molar-refractivity contribution in [2.75, 3.05) is 26.3 Å². The summed E-state index contributed by atoms with van der Waals surface area (Å²) < 4.78 is 13.5. The first-order chi connectivity index (χ1) is 13.5. The van der Waals surface area contributed by atoms with E-state index in [-0.39, 0.29) is 5.91 Å². The second-order valence-corrected chi connectivity index (χ2v) is 8.60. The third-order valence-corrected chi connectivity index (χ3v) is 6.73. The van der Waals surface area contributed by atoms with Gasteiger partial charge in [-0.2, -0.15) is 5.10 Å². The van der Waals surface area contributed by atoms with Gasteiger partial charge in [0.2, 0.25) is 0 Å². The summed E-state index contributed by atoms with van der Waals surface area (Å²) in [6, 6.07) is 10.2. The predicted octanol–water partition coefficient (Wildman–Crippen LogP) is 3.68. The lowest BCUT2D eigenvalue weighted by molar-refractivity contribution is -0.181. The van der Waals surface area contributed by atoms with Gasteiger partial charge in [0, 0.05) is 31.3 Å². The molecule has 2 aliphatic heterocycles. The topological polar surface area (TPSA) is 56.6 Å². The van der Waals surface area contributed by atoms with Gasteiger partial charge in [-0.25, -0.2) is 4.68 Å². The summed E-state index contributed by atoms with van der Waals surface area (Å²) in [4.78, 5) is 16.8. The zero-order valence-corrected chi connectivity index (χ0v) is 16.9. The lowest BCUT2D eigenvalue weighted by Gasteiger charge is -2.37. The number of aromatic nitrogens is 2. The molecular weight excluding hydrogens is 374 g/mol. The van der Waals surface area contributed by atoms with E-state index in [1.165, 1.54) is 16.9 Å². The summed E-state index contributed by atoms with van der Waals surface area (Å²) in [6.07, 6.45) is 1.47. The van der Waals surface area contributed by atoms with E-state index >= 15 is 0 Å². The highest BCUT2D eigenvalue weighted by atomic mass is 32.1. The molecule has 146 valence electrons. The average Bonchev–Trinajstić information content (AvgIpc) is 3.39. The molecule has 0 radical (unpaired) electrons. The van der Waals surface area contributed by atoms with Crippen LogP contribution in [0.1, 0.15) is 33.8 Å². The van der Waals surface area contributed by atoms with Gasteiger partial charge in [-0.1, -0.05) is 12.1 Å². The third kappa shape index (κ3) is 2.94. The van der Waals surface area contributed by atoms with Gasteiger partial charge < -0.3 is 14.4 Å². The zero-order chi connectivity index (χ0) is 19.3. The van der Waals surface area contributed by atoms with Crippen LogP contribution in [0.25, 0.3) is 15.9 Å². The zero-order valence-electron chi connectivity index (χ0n) is 16.1. The number of hydrogen-bond acceptors (Lipinski definition) is 5. The fraction of sp³-hybridized carbons (Fsp3) is 0.429. The summed E-state index contributed by atoms with van der Waals surface area (Å²) in [5, 5.41) is 5.74. The Bertz CT molecular complexity index is 1040. The van der Waals surface area contributed by atoms with Crippen LogP contribution in [-0.2, 0) is 9.47 Å². The minimum Gasteiger partial charge on any atom is -0.347 e. The summed E-state index contributed by atoms with van der Waals surface area (Å²) in [5.74, 6) is -0.372. The van der Waals surface area contributed by atoms with Crippen molar-refractivity contribution in [1.82, 2.24) is 14.7 Å². The van der Waals surface area contributed by atoms with E-state index in [1.54, 1.807) is 0 Å². The van der Waals surface area contributed by atoms with E-state index in [1.807, 2.05) is 34.7 Å². The third-order valence-electron chi connectivity index (χ3n) is 5.63. The number of carbonyl (C=O) groups excluding carboxylic acids is 1. The number of fused-ring (bicyclic) bond motifs is 1. The van der Waals surface area contributed by atoms with Crippen molar-refractivity contribution in [2.24, 2.45) is 0 Å². The standard InChI is InChI=1S/C21H23N3O3S/c1-14-4-3-5-16(12-14)24-20-17(15(2)22-24)13-18(28-20)19(25)23-8-6-21(7-9-23)26-10-11-27-21/h3-5,12-13H,6-11H2,1-2H3. The Hall–Kier alpha value is -2.22. The molecule has 4 heterocycles. The van der Waals surface area contributed by atoms with Crippen molar-refractivity contribution in [1.29, 1.82) is 0 Å². The number of hydrogen-bond donors (Lipinski definition) is 0. The minimum atomic E-state index is -0.459. The molecule has 1 spiro atoms. The van der Waals surface area contributed by atoms with Gasteiger partial charge in [0.05, 0.1) is 29.5 Å². The molecule has 7 heteroatoms. The summed E-state index contributed by atoms with van der Waals surface area (Å²) in [5.41, 5.74) is 3.15. The number of amides is 1. The Kier molecular flexibility index (Phi) is 4.26. The summed E-state index contributed by atoms with van der Waals surface area (Å²) in [7, 11) is 0. The molecule has 28 heavy (non-hydrogen) atoms. The first-order valence-electron chi connectivity index (χ1n) is 9.68. The van der Waals surface area contributed by atoms with E-state index in [0.717, 1.165) is 39.3 Å². The molecule has 0 bridgehead atoms. The Morgan fingerprint density at radius 1 is 1.14 bits per heavy atom. The van der Waals surface area contributed by atoms with Crippen LogP contribution in [0.15, 0.2) is 30.3 Å². The van der Waals surface area contributed by atoms with Gasteiger partial charge in [-0.15, -0.1) is 11.3 Å². The number of nitrogens with zero attached hydrogens (tertiary/aromatic N) is 3. The van der Waals surface area contributed by atoms with E-state index in [2.05, 4.69) is 19.1 Å². The largest absolute Gasteiger partial charge is 0.347 e. The molecule has 3 aromatic rings. The van der Waals surface area contributed by atoms with E-state index < -0.39 is 5.79 Å². The van der Waals surface area contributed by atoms with E-state index in [4.69, 9.17) is 14.6 Å². The van der Waals surface area contributed by atoms with Crippen LogP contribution in [0.5, 0.6) is 0 Å². The van der Waals surface area contributed by atoms with Crippen molar-refractivity contribution in [3.63, 3.8) is 0 Å². The molecule has 2 saturated heterocycles. The number of thiophene rings is 1. The highest BCUT2D eigenvalue weighted by molar-refractivity contribution is 7.20. The molecule has 2 aromatic heterocycles. The van der Waals surface area contributed by atoms with Gasteiger partial charge in [-0.3, -0.25) is 4.79 Å². The van der Waals surface area contributed by atoms with Crippen molar-refractivity contribution in [3.05, 3.63) is 46.5 Å². The Labute approximate surface area is 167 Å². The normalized spacial score (nSPS) is 19.0. The van der Waals surface area contributed by atoms with Crippen LogP contribution in [0.4, 0.5) is 0 Å². The van der Waals surface area contributed by atoms with Crippen LogP contribution < -0.4 is 0 Å². The molecular formula is C21H23N3O3S. The molecule has 2 fully saturated rings. The molecule has 0 atom stereocenters. The van der Waals surface area contributed by atoms with Gasteiger partial charge >= 0.3 is 0 Å². The second-order valence-electron chi connectivity index (χ2n) is 7.57. The molecule has 6 nitrogen and oxygen atoms in total. The van der Waals surface area contributed by atoms with Crippen LogP contribution in [0.3, 0.4) is 0 Å². The first kappa shape index (κ1) is 17.8. The molecule has 5 rings (SSSR count). The number of carbonyl (C=O) groups is 1. The number of aryl methyl sites for hydroxylation is 2. The minimum absolute atomic E-state index is 0.0873. The number of piperidine rings is 1. The first-order valence-corrected chi connectivity index (χ1v) is 10.5. The number of likely N-dealkylation sites (tertiary alicyclic amines) is 1. The maximum atomic E-state index is 13.1. The number of rotatable bonds is 2. The number of ether oxygens (including phenoxy) is 2. The smallest absolute Gasteiger partial charge is 0.264 e. The van der Waals surface area contributed by atoms with Gasteiger partial charge in [-0.05, 0) is 37.6 Å². The van der Waals surface area contributed by atoms with Crippen LogP contribution in [-0.4, -0.2) is 52.7 Å². The predicted molar refractivity (Wildman–Crippen MR) is 108 cm³/mol. The van der Waals surface area contributed by atoms with Crippen molar-refractivity contribution < 1.29 is 14.3 Å². The SMILES string of the molecule is Cc1cccc(-n2nc(C)c3cc(C(=O)N4CCC5(CC4)OCCO5)sc32)c1. The fourth-order valence-electron chi connectivity index (χ4n) is 4.08. The molecule has 1 amide bonds. The van der Waals surface area contributed by atoms with Crippen molar-refractivity contribution in [3.8, 4) is 5.69 Å². The molecule has 2 aliphatic rings. The molecule has 0 saturated carbocycles. The lowest BCUT2D eigenvalue weighted by Crippen LogP contribution is -2.47. The fourth-order valence-corrected chi connectivity index (χ4v) is 5.23. The monoisotopic (exact) mass is 397 g/mol. The van der Waals surface area contributed by atoms with Crippen LogP contribution in [0, 0.1) is 13.8 Å². The lowest BCUT2D eigenvalue weighted by atomic mass is 10.0. The van der Waals surface area contributed by atoms with Crippen LogP contribution in [0.2, 0.25) is 0 Å². The molecule has 0 unspecified atom stereocenters. The molecule has 0 N–H and O–H groups in total. The molecule has 0 aliphatic carbocycles. The van der Waals surface area contributed by atoms with Crippen molar-refractivity contribution >= 4 is 27.5 Å². The van der Waals surface area contributed by atoms with Gasteiger partial charge in [0.25, 0.3) is 5.91 Å². The summed E-state index contributed by atoms with van der Waals surface area (Å²) >= 11 is 1.52. The maximum Gasteiger partial charge on any atom is 0.264 e. The van der Waals surface area contributed by atoms with Crippen molar-refractivity contribution in [2.45, 2.75) is 32.5 Å². The highest BCUT2D eigenvalue weighted by Gasteiger charge is 2.41. The Morgan fingerprint density at radius 2 is 1.89 bits per heavy atom. The second kappa shape index (κ2) is 6.69. The van der Waals surface area contributed by atoms with E-state index in [0.29, 0.717) is 26.3 Å². The Balaban J connectivity index is 1.42. The van der Waals surface area contributed by atoms with Crippen LogP contribution >= 0.6 is 11.3 Å². The maximum absolute atomic E-state index is 13.1. The van der Waals surface area contributed by atoms with Gasteiger partial charge in [0.15, 0.2) is 5.79 Å². The highest BCUT2D eigenvalue weighted by Crippen LogP contribution is 2.34. The van der Waals surface area contributed by atoms with E-state index in [9.17, 15) is 4.79 Å². The average molecular weight is 398 g/mol. The Morgan fingerprint density at radius 3 is 2.61 bits per heavy atom. The quantitative estimate of drug-likeness (QED) is 0.662.